The van der Waals surface area contributed by atoms with E-state index in [9.17, 15) is 26.8 Å². The summed E-state index contributed by atoms with van der Waals surface area (Å²) in [6, 6.07) is 2.28. The molecule has 0 atom stereocenters. The molecule has 0 spiro atoms. The van der Waals surface area contributed by atoms with Gasteiger partial charge < -0.3 is 15.2 Å². The van der Waals surface area contributed by atoms with Gasteiger partial charge >= 0.3 is 12.6 Å². The van der Waals surface area contributed by atoms with Crippen LogP contribution in [0.1, 0.15) is 81.2 Å². The molecule has 2 fully saturated rings. The van der Waals surface area contributed by atoms with E-state index in [-0.39, 0.29) is 22.5 Å². The smallest absolute Gasteiger partial charge is 0.387 e. The molecule has 14 heteroatoms. The number of benzene rings is 1. The van der Waals surface area contributed by atoms with E-state index in [0.29, 0.717) is 29.8 Å². The third-order valence-electron chi connectivity index (χ3n) is 7.16. The van der Waals surface area contributed by atoms with Gasteiger partial charge in [-0.15, -0.1) is 11.3 Å². The molecule has 1 aromatic heterocycles. The van der Waals surface area contributed by atoms with Gasteiger partial charge in [0.2, 0.25) is 10.0 Å². The molecule has 0 aliphatic heterocycles. The number of hydrogen-bond donors (Lipinski definition) is 3. The Labute approximate surface area is 247 Å². The Balaban J connectivity index is 1.74. The van der Waals surface area contributed by atoms with Crippen LogP contribution in [0.5, 0.6) is 5.75 Å². The number of alkyl halides is 2. The van der Waals surface area contributed by atoms with Crippen LogP contribution in [0.3, 0.4) is 0 Å². The summed E-state index contributed by atoms with van der Waals surface area (Å²) in [7, 11) is -4.19. The minimum absolute atomic E-state index is 0.0924. The second kappa shape index (κ2) is 12.5. The number of thiazole rings is 1. The number of ether oxygens (including phenoxy) is 1. The summed E-state index contributed by atoms with van der Waals surface area (Å²) in [6.45, 7) is 1.61. The number of carboxylic acid groups (broad SMARTS) is 1. The number of sulfonamides is 1. The topological polar surface area (TPSA) is 135 Å². The van der Waals surface area contributed by atoms with Crippen molar-refractivity contribution in [2.45, 2.75) is 95.2 Å². The first-order valence-electron chi connectivity index (χ1n) is 13.5. The van der Waals surface area contributed by atoms with Crippen molar-refractivity contribution in [1.29, 1.82) is 0 Å². The van der Waals surface area contributed by atoms with Crippen molar-refractivity contribution >= 4 is 44.8 Å². The van der Waals surface area contributed by atoms with E-state index in [1.807, 2.05) is 0 Å². The summed E-state index contributed by atoms with van der Waals surface area (Å²) in [5, 5.41) is 11.5. The van der Waals surface area contributed by atoms with E-state index >= 15 is 0 Å². The summed E-state index contributed by atoms with van der Waals surface area (Å²) in [6.07, 6.45) is 6.31. The largest absolute Gasteiger partial charge is 0.481 e. The monoisotopic (exact) mass is 633 g/mol. The molecule has 2 aliphatic carbocycles. The first-order valence-corrected chi connectivity index (χ1v) is 16.2. The molecule has 0 unspecified atom stereocenters. The molecular formula is C27H34ClF2N3O6S2. The number of hydrogen-bond acceptors (Lipinski definition) is 7. The molecule has 2 aliphatic rings. The third-order valence-corrected chi connectivity index (χ3v) is 10.6. The van der Waals surface area contributed by atoms with Gasteiger partial charge in [0.05, 0.1) is 16.5 Å². The number of amides is 1. The van der Waals surface area contributed by atoms with E-state index in [1.54, 1.807) is 20.8 Å². The van der Waals surface area contributed by atoms with Crippen LogP contribution >= 0.6 is 22.9 Å². The van der Waals surface area contributed by atoms with Crippen molar-refractivity contribution < 1.29 is 36.6 Å². The van der Waals surface area contributed by atoms with Crippen molar-refractivity contribution in [3.05, 3.63) is 27.9 Å². The molecule has 1 amide bonds. The minimum atomic E-state index is -4.19. The standard InChI is InChI=1S/C27H34ClF2N3O6S2/c1-27(2,3)33-41(37,38)19-10-9-17(21(20(19)28)39-26(29)30)22-18(11-14-7-5-4-6-8-14)32-24(40-22)23(34)31-16-12-15(13-16)25(35)36/h9-10,14-16,26,33H,4-8,11-13H2,1-3H3,(H,31,34)(H,35,36). The van der Waals surface area contributed by atoms with Gasteiger partial charge in [-0.2, -0.15) is 8.78 Å². The number of carbonyl (C=O) groups is 2. The van der Waals surface area contributed by atoms with Gasteiger partial charge in [-0.1, -0.05) is 43.7 Å². The van der Waals surface area contributed by atoms with Crippen LogP contribution in [0.25, 0.3) is 10.4 Å². The maximum Gasteiger partial charge on any atom is 0.387 e. The fraction of sp³-hybridized carbons (Fsp3) is 0.593. The van der Waals surface area contributed by atoms with Gasteiger partial charge in [-0.05, 0) is 58.1 Å². The molecule has 2 saturated carbocycles. The average Bonchev–Trinajstić information content (AvgIpc) is 3.24. The Kier molecular flexibility index (Phi) is 9.62. The van der Waals surface area contributed by atoms with Crippen LogP contribution in [0, 0.1) is 11.8 Å². The number of aromatic nitrogens is 1. The Morgan fingerprint density at radius 3 is 2.44 bits per heavy atom. The van der Waals surface area contributed by atoms with Gasteiger partial charge in [0, 0.05) is 17.1 Å². The SMILES string of the molecule is CC(C)(C)NS(=O)(=O)c1ccc(-c2sc(C(=O)NC3CC(C(=O)O)C3)nc2CC2CCCCC2)c(OC(F)F)c1Cl. The van der Waals surface area contributed by atoms with Gasteiger partial charge in [-0.3, -0.25) is 9.59 Å². The Bertz CT molecular complexity index is 1400. The normalized spacial score (nSPS) is 20.1. The van der Waals surface area contributed by atoms with Gasteiger partial charge in [0.1, 0.15) is 9.92 Å². The predicted octanol–water partition coefficient (Wildman–Crippen LogP) is 5.86. The lowest BCUT2D eigenvalue weighted by atomic mass is 9.80. The Morgan fingerprint density at radius 2 is 1.85 bits per heavy atom. The lowest BCUT2D eigenvalue weighted by molar-refractivity contribution is -0.145. The highest BCUT2D eigenvalue weighted by molar-refractivity contribution is 7.89. The molecule has 226 valence electrons. The molecule has 2 aromatic rings. The molecule has 1 aromatic carbocycles. The fourth-order valence-electron chi connectivity index (χ4n) is 5.23. The van der Waals surface area contributed by atoms with Crippen molar-refractivity contribution in [2.75, 3.05) is 0 Å². The molecule has 41 heavy (non-hydrogen) atoms. The van der Waals surface area contributed by atoms with Crippen molar-refractivity contribution in [1.82, 2.24) is 15.0 Å². The average molecular weight is 634 g/mol. The Morgan fingerprint density at radius 1 is 1.20 bits per heavy atom. The summed E-state index contributed by atoms with van der Waals surface area (Å²) in [5.74, 6) is -2.13. The quantitative estimate of drug-likeness (QED) is 0.298. The van der Waals surface area contributed by atoms with Gasteiger partial charge in [0.15, 0.2) is 10.8 Å². The number of carbonyl (C=O) groups excluding carboxylic acids is 1. The van der Waals surface area contributed by atoms with Crippen LogP contribution < -0.4 is 14.8 Å². The van der Waals surface area contributed by atoms with Crippen molar-refractivity contribution in [3.63, 3.8) is 0 Å². The summed E-state index contributed by atoms with van der Waals surface area (Å²) in [4.78, 5) is 28.8. The van der Waals surface area contributed by atoms with Crippen molar-refractivity contribution in [3.8, 4) is 16.2 Å². The van der Waals surface area contributed by atoms with Gasteiger partial charge in [0.25, 0.3) is 5.91 Å². The van der Waals surface area contributed by atoms with Crippen LogP contribution in [0.2, 0.25) is 5.02 Å². The predicted molar refractivity (Wildman–Crippen MR) is 151 cm³/mol. The van der Waals surface area contributed by atoms with Crippen LogP contribution in [0.4, 0.5) is 8.78 Å². The number of halogens is 3. The summed E-state index contributed by atoms with van der Waals surface area (Å²) < 4.78 is 60.6. The highest BCUT2D eigenvalue weighted by atomic mass is 35.5. The molecule has 3 N–H and O–H groups in total. The Hall–Kier alpha value is -2.35. The van der Waals surface area contributed by atoms with Crippen LogP contribution in [-0.4, -0.2) is 48.6 Å². The highest BCUT2D eigenvalue weighted by Crippen LogP contribution is 2.45. The van der Waals surface area contributed by atoms with Crippen LogP contribution in [0.15, 0.2) is 17.0 Å². The maximum atomic E-state index is 13.6. The third kappa shape index (κ3) is 7.74. The lowest BCUT2D eigenvalue weighted by Crippen LogP contribution is -2.46. The number of rotatable bonds is 10. The molecule has 0 radical (unpaired) electrons. The number of carboxylic acids is 1. The number of aliphatic carboxylic acids is 1. The molecular weight excluding hydrogens is 600 g/mol. The van der Waals surface area contributed by atoms with E-state index in [2.05, 4.69) is 15.0 Å². The van der Waals surface area contributed by atoms with Gasteiger partial charge in [-0.25, -0.2) is 18.1 Å². The minimum Gasteiger partial charge on any atom is -0.481 e. The second-order valence-corrected chi connectivity index (χ2v) is 14.7. The van der Waals surface area contributed by atoms with E-state index in [4.69, 9.17) is 21.4 Å². The second-order valence-electron chi connectivity index (χ2n) is 11.7. The zero-order chi connectivity index (χ0) is 30.1. The first-order chi connectivity index (χ1) is 19.1. The van der Waals surface area contributed by atoms with Crippen molar-refractivity contribution in [2.24, 2.45) is 11.8 Å². The number of nitrogens with one attached hydrogen (secondary N) is 2. The molecule has 1 heterocycles. The maximum absolute atomic E-state index is 13.6. The van der Waals surface area contributed by atoms with E-state index in [1.165, 1.54) is 12.1 Å². The van der Waals surface area contributed by atoms with E-state index < -0.39 is 55.6 Å². The first kappa shape index (κ1) is 31.6. The summed E-state index contributed by atoms with van der Waals surface area (Å²) >= 11 is 7.43. The molecule has 9 nitrogen and oxygen atoms in total. The highest BCUT2D eigenvalue weighted by Gasteiger charge is 2.36. The summed E-state index contributed by atoms with van der Waals surface area (Å²) in [5.41, 5.74) is -0.229. The molecule has 0 saturated heterocycles. The fourth-order valence-corrected chi connectivity index (χ4v) is 8.26. The number of nitrogens with zero attached hydrogens (tertiary/aromatic N) is 1. The zero-order valence-electron chi connectivity index (χ0n) is 23.0. The zero-order valence-corrected chi connectivity index (χ0v) is 25.4. The molecule has 4 rings (SSSR count). The lowest BCUT2D eigenvalue weighted by Gasteiger charge is -2.32. The molecule has 0 bridgehead atoms. The van der Waals surface area contributed by atoms with E-state index in [0.717, 1.165) is 43.4 Å². The van der Waals surface area contributed by atoms with Crippen LogP contribution in [-0.2, 0) is 21.2 Å².